The van der Waals surface area contributed by atoms with Crippen LogP contribution in [0, 0.1) is 5.41 Å². The zero-order valence-corrected chi connectivity index (χ0v) is 20.7. The van der Waals surface area contributed by atoms with E-state index in [1.807, 2.05) is 0 Å². The third-order valence-corrected chi connectivity index (χ3v) is 6.78. The maximum Gasteiger partial charge on any atom is 0.416 e. The first kappa shape index (κ1) is 27.0. The Morgan fingerprint density at radius 1 is 1.11 bits per heavy atom. The molecule has 0 amide bonds. The van der Waals surface area contributed by atoms with E-state index in [1.54, 1.807) is 17.0 Å². The summed E-state index contributed by atoms with van der Waals surface area (Å²) in [5.41, 5.74) is 5.58. The van der Waals surface area contributed by atoms with Gasteiger partial charge in [0.05, 0.1) is 11.5 Å². The zero-order chi connectivity index (χ0) is 25.3. The van der Waals surface area contributed by atoms with E-state index in [0.29, 0.717) is 36.5 Å². The van der Waals surface area contributed by atoms with Crippen LogP contribution >= 0.6 is 0 Å². The van der Waals surface area contributed by atoms with E-state index in [1.165, 1.54) is 32.1 Å². The van der Waals surface area contributed by atoms with Gasteiger partial charge in [-0.2, -0.15) is 18.2 Å². The van der Waals surface area contributed by atoms with Gasteiger partial charge in [-0.25, -0.2) is 0 Å². The van der Waals surface area contributed by atoms with Gasteiger partial charge in [0.1, 0.15) is 0 Å². The van der Waals surface area contributed by atoms with Crippen LogP contribution in [-0.4, -0.2) is 34.1 Å². The number of aromatic nitrogens is 2. The molecule has 1 aliphatic heterocycles. The van der Waals surface area contributed by atoms with Crippen LogP contribution < -0.4 is 5.73 Å². The number of likely N-dealkylation sites (tertiary alicyclic amines) is 1. The standard InChI is InChI=1S/C26H38F3N5O/c1-2-3-4-5-6-7-8-9-10-12-19-14-15-20(17-22(19)26(27,28)29)23-32-24(35-33-23)21-13-11-16-34(18-21)25(30)31/h14-15,17,21H,2-13,16,18H2,1H3,(H3,30,31)/t21-/m1/s1. The molecule has 194 valence electrons. The number of rotatable bonds is 12. The van der Waals surface area contributed by atoms with Gasteiger partial charge in [-0.1, -0.05) is 75.6 Å². The van der Waals surface area contributed by atoms with Gasteiger partial charge >= 0.3 is 6.18 Å². The highest BCUT2D eigenvalue weighted by molar-refractivity contribution is 5.74. The molecule has 0 unspecified atom stereocenters. The molecular weight excluding hydrogens is 455 g/mol. The van der Waals surface area contributed by atoms with Gasteiger partial charge in [-0.05, 0) is 37.3 Å². The van der Waals surface area contributed by atoms with Crippen LogP contribution in [0.25, 0.3) is 11.4 Å². The van der Waals surface area contributed by atoms with Crippen molar-refractivity contribution in [2.75, 3.05) is 13.1 Å². The summed E-state index contributed by atoms with van der Waals surface area (Å²) in [7, 11) is 0. The van der Waals surface area contributed by atoms with Gasteiger partial charge in [0.2, 0.25) is 11.7 Å². The number of nitrogens with zero attached hydrogens (tertiary/aromatic N) is 3. The minimum absolute atomic E-state index is 0.00757. The number of hydrogen-bond donors (Lipinski definition) is 2. The first-order valence-corrected chi connectivity index (χ1v) is 12.9. The maximum atomic E-state index is 13.8. The second kappa shape index (κ2) is 12.9. The van der Waals surface area contributed by atoms with Crippen LogP contribution in [0.5, 0.6) is 0 Å². The number of alkyl halides is 3. The van der Waals surface area contributed by atoms with E-state index in [-0.39, 0.29) is 17.7 Å². The van der Waals surface area contributed by atoms with E-state index >= 15 is 0 Å². The van der Waals surface area contributed by atoms with Crippen molar-refractivity contribution in [3.8, 4) is 11.4 Å². The van der Waals surface area contributed by atoms with Crippen molar-refractivity contribution in [3.05, 3.63) is 35.2 Å². The van der Waals surface area contributed by atoms with Crippen LogP contribution in [0.15, 0.2) is 22.7 Å². The summed E-state index contributed by atoms with van der Waals surface area (Å²) in [5.74, 6) is 0.423. The first-order valence-electron chi connectivity index (χ1n) is 12.9. The molecule has 0 radical (unpaired) electrons. The monoisotopic (exact) mass is 493 g/mol. The number of piperidine rings is 1. The van der Waals surface area contributed by atoms with Crippen LogP contribution in [0.4, 0.5) is 13.2 Å². The molecular formula is C26H38F3N5O. The number of halogens is 3. The number of aryl methyl sites for hydroxylation is 1. The summed E-state index contributed by atoms with van der Waals surface area (Å²) in [6.07, 6.45) is 7.76. The van der Waals surface area contributed by atoms with Crippen LogP contribution in [0.1, 0.15) is 100 Å². The summed E-state index contributed by atoms with van der Waals surface area (Å²) in [5, 5.41) is 11.6. The van der Waals surface area contributed by atoms with Crippen molar-refractivity contribution >= 4 is 5.96 Å². The second-order valence-electron chi connectivity index (χ2n) is 9.57. The van der Waals surface area contributed by atoms with Gasteiger partial charge < -0.3 is 15.2 Å². The molecule has 3 N–H and O–H groups in total. The highest BCUT2D eigenvalue weighted by atomic mass is 19.4. The fourth-order valence-corrected chi connectivity index (χ4v) is 4.74. The minimum atomic E-state index is -4.44. The number of benzene rings is 1. The maximum absolute atomic E-state index is 13.8. The number of guanidine groups is 1. The van der Waals surface area contributed by atoms with Crippen molar-refractivity contribution in [1.29, 1.82) is 5.41 Å². The van der Waals surface area contributed by atoms with Gasteiger partial charge in [-0.3, -0.25) is 5.41 Å². The minimum Gasteiger partial charge on any atom is -0.370 e. The molecule has 0 aliphatic carbocycles. The number of unbranched alkanes of at least 4 members (excludes halogenated alkanes) is 8. The second-order valence-corrected chi connectivity index (χ2v) is 9.57. The molecule has 9 heteroatoms. The van der Waals surface area contributed by atoms with Crippen LogP contribution in [-0.2, 0) is 12.6 Å². The highest BCUT2D eigenvalue weighted by Gasteiger charge is 2.34. The molecule has 2 aromatic rings. The van der Waals surface area contributed by atoms with Crippen molar-refractivity contribution < 1.29 is 17.7 Å². The molecule has 2 heterocycles. The Labute approximate surface area is 206 Å². The van der Waals surface area contributed by atoms with E-state index in [2.05, 4.69) is 17.1 Å². The number of nitrogens with two attached hydrogens (primary N) is 1. The average Bonchev–Trinajstić information content (AvgIpc) is 3.33. The molecule has 6 nitrogen and oxygen atoms in total. The third kappa shape index (κ3) is 7.97. The molecule has 0 saturated carbocycles. The van der Waals surface area contributed by atoms with Gasteiger partial charge in [0.25, 0.3) is 0 Å². The van der Waals surface area contributed by atoms with E-state index in [0.717, 1.165) is 44.6 Å². The fraction of sp³-hybridized carbons (Fsp3) is 0.654. The Balaban J connectivity index is 1.60. The van der Waals surface area contributed by atoms with E-state index in [9.17, 15) is 13.2 Å². The molecule has 1 aromatic heterocycles. The normalized spacial score (nSPS) is 16.6. The highest BCUT2D eigenvalue weighted by Crippen LogP contribution is 2.36. The summed E-state index contributed by atoms with van der Waals surface area (Å²) in [6.45, 7) is 3.38. The Morgan fingerprint density at radius 2 is 1.80 bits per heavy atom. The van der Waals surface area contributed by atoms with Gasteiger partial charge in [-0.15, -0.1) is 0 Å². The molecule has 35 heavy (non-hydrogen) atoms. The summed E-state index contributed by atoms with van der Waals surface area (Å²) in [6, 6.07) is 4.34. The number of nitrogens with one attached hydrogen (secondary N) is 1. The quantitative estimate of drug-likeness (QED) is 0.191. The van der Waals surface area contributed by atoms with E-state index < -0.39 is 11.7 Å². The van der Waals surface area contributed by atoms with Crippen LogP contribution in [0.2, 0.25) is 0 Å². The topological polar surface area (TPSA) is 92.0 Å². The first-order chi connectivity index (χ1) is 16.8. The Hall–Kier alpha value is -2.58. The van der Waals surface area contributed by atoms with Gasteiger partial charge in [0.15, 0.2) is 5.96 Å². The van der Waals surface area contributed by atoms with Crippen molar-refractivity contribution in [2.45, 2.75) is 96.1 Å². The predicted octanol–water partition coefficient (Wildman–Crippen LogP) is 6.90. The summed E-state index contributed by atoms with van der Waals surface area (Å²) >= 11 is 0. The summed E-state index contributed by atoms with van der Waals surface area (Å²) in [4.78, 5) is 6.13. The Morgan fingerprint density at radius 3 is 2.46 bits per heavy atom. The van der Waals surface area contributed by atoms with Crippen molar-refractivity contribution in [3.63, 3.8) is 0 Å². The third-order valence-electron chi connectivity index (χ3n) is 6.78. The van der Waals surface area contributed by atoms with Crippen LogP contribution in [0.3, 0.4) is 0 Å². The Kier molecular flexibility index (Phi) is 9.98. The SMILES string of the molecule is CCCCCCCCCCCc1ccc(-c2noc([C@@H]3CCCN(C(=N)N)C3)n2)cc1C(F)(F)F. The van der Waals surface area contributed by atoms with Gasteiger partial charge in [0, 0.05) is 18.7 Å². The van der Waals surface area contributed by atoms with Crippen molar-refractivity contribution in [1.82, 2.24) is 15.0 Å². The predicted molar refractivity (Wildman–Crippen MR) is 131 cm³/mol. The van der Waals surface area contributed by atoms with Crippen molar-refractivity contribution in [2.24, 2.45) is 5.73 Å². The lowest BCUT2D eigenvalue weighted by Crippen LogP contribution is -2.42. The Bertz CT molecular complexity index is 943. The molecule has 3 rings (SSSR count). The zero-order valence-electron chi connectivity index (χ0n) is 20.7. The molecule has 0 spiro atoms. The molecule has 1 aliphatic rings. The fourth-order valence-electron chi connectivity index (χ4n) is 4.74. The smallest absolute Gasteiger partial charge is 0.370 e. The molecule has 0 bridgehead atoms. The lowest BCUT2D eigenvalue weighted by atomic mass is 9.97. The molecule has 1 fully saturated rings. The molecule has 1 atom stereocenters. The summed E-state index contributed by atoms with van der Waals surface area (Å²) < 4.78 is 46.9. The number of hydrogen-bond acceptors (Lipinski definition) is 4. The van der Waals surface area contributed by atoms with E-state index in [4.69, 9.17) is 15.7 Å². The molecule has 1 aromatic carbocycles. The lowest BCUT2D eigenvalue weighted by molar-refractivity contribution is -0.138. The molecule has 1 saturated heterocycles. The largest absolute Gasteiger partial charge is 0.416 e. The average molecular weight is 494 g/mol. The lowest BCUT2D eigenvalue weighted by Gasteiger charge is -2.30.